The minimum absolute atomic E-state index is 0.0256. The highest BCUT2D eigenvalue weighted by Crippen LogP contribution is 2.26. The molecule has 3 fully saturated rings. The van der Waals surface area contributed by atoms with Crippen molar-refractivity contribution >= 4 is 6.03 Å². The van der Waals surface area contributed by atoms with Gasteiger partial charge in [-0.15, -0.1) is 0 Å². The van der Waals surface area contributed by atoms with E-state index in [0.717, 1.165) is 39.1 Å². The highest BCUT2D eigenvalue weighted by atomic mass is 16.7. The van der Waals surface area contributed by atoms with Crippen LogP contribution in [0.4, 0.5) is 4.79 Å². The number of rotatable bonds is 4. The molecule has 24 heavy (non-hydrogen) atoms. The SMILES string of the molecule is CC(CNC(=O)N1CCC2OCCN(C)C2C1)CC1(C)OCCO1. The van der Waals surface area contributed by atoms with Crippen LogP contribution in [0.3, 0.4) is 0 Å². The summed E-state index contributed by atoms with van der Waals surface area (Å²) in [6, 6.07) is 0.340. The van der Waals surface area contributed by atoms with Crippen molar-refractivity contribution in [1.29, 1.82) is 0 Å². The Bertz CT molecular complexity index is 442. The lowest BCUT2D eigenvalue weighted by molar-refractivity contribution is -0.153. The van der Waals surface area contributed by atoms with Crippen molar-refractivity contribution in [3.8, 4) is 0 Å². The van der Waals surface area contributed by atoms with Gasteiger partial charge in [0.2, 0.25) is 0 Å². The topological polar surface area (TPSA) is 63.3 Å². The standard InChI is InChI=1S/C17H31N3O4/c1-13(10-17(2)23-8-9-24-17)11-18-16(21)20-5-4-15-14(12-20)19(3)6-7-22-15/h13-15H,4-12H2,1-3H3,(H,18,21). The maximum Gasteiger partial charge on any atom is 0.317 e. The zero-order valence-electron chi connectivity index (χ0n) is 15.1. The second-order valence-corrected chi connectivity index (χ2v) is 7.52. The van der Waals surface area contributed by atoms with E-state index < -0.39 is 5.79 Å². The molecule has 3 unspecified atom stereocenters. The Balaban J connectivity index is 1.43. The van der Waals surface area contributed by atoms with Gasteiger partial charge in [-0.1, -0.05) is 6.92 Å². The normalized spacial score (nSPS) is 31.5. The molecule has 0 aliphatic carbocycles. The number of nitrogens with zero attached hydrogens (tertiary/aromatic N) is 2. The third-order valence-electron chi connectivity index (χ3n) is 5.37. The number of likely N-dealkylation sites (tertiary alicyclic amines) is 1. The molecule has 138 valence electrons. The Labute approximate surface area is 144 Å². The first-order chi connectivity index (χ1) is 11.5. The molecule has 0 saturated carbocycles. The summed E-state index contributed by atoms with van der Waals surface area (Å²) in [6.07, 6.45) is 1.97. The molecule has 1 N–H and O–H groups in total. The lowest BCUT2D eigenvalue weighted by Gasteiger charge is -2.45. The van der Waals surface area contributed by atoms with E-state index in [1.54, 1.807) is 0 Å². The van der Waals surface area contributed by atoms with Crippen LogP contribution in [0.15, 0.2) is 0 Å². The first kappa shape index (κ1) is 17.9. The molecule has 0 radical (unpaired) electrons. The predicted octanol–water partition coefficient (Wildman–Crippen LogP) is 0.890. The quantitative estimate of drug-likeness (QED) is 0.823. The molecular weight excluding hydrogens is 310 g/mol. The van der Waals surface area contributed by atoms with Gasteiger partial charge in [-0.05, 0) is 26.3 Å². The van der Waals surface area contributed by atoms with Crippen molar-refractivity contribution in [2.75, 3.05) is 53.0 Å². The molecule has 3 rings (SSSR count). The van der Waals surface area contributed by atoms with Crippen molar-refractivity contribution < 1.29 is 19.0 Å². The number of piperidine rings is 1. The molecular formula is C17H31N3O4. The average molecular weight is 341 g/mol. The second-order valence-electron chi connectivity index (χ2n) is 7.52. The maximum absolute atomic E-state index is 12.5. The summed E-state index contributed by atoms with van der Waals surface area (Å²) in [5, 5.41) is 3.07. The van der Waals surface area contributed by atoms with Gasteiger partial charge in [0.05, 0.1) is 32.0 Å². The smallest absolute Gasteiger partial charge is 0.317 e. The van der Waals surface area contributed by atoms with Crippen LogP contribution >= 0.6 is 0 Å². The van der Waals surface area contributed by atoms with E-state index in [1.165, 1.54) is 0 Å². The molecule has 7 heteroatoms. The number of fused-ring (bicyclic) bond motifs is 1. The van der Waals surface area contributed by atoms with Gasteiger partial charge in [0.25, 0.3) is 0 Å². The molecule has 0 aromatic carbocycles. The van der Waals surface area contributed by atoms with E-state index in [4.69, 9.17) is 14.2 Å². The highest BCUT2D eigenvalue weighted by Gasteiger charge is 2.37. The fraction of sp³-hybridized carbons (Fsp3) is 0.941. The molecule has 2 amide bonds. The summed E-state index contributed by atoms with van der Waals surface area (Å²) in [4.78, 5) is 16.7. The van der Waals surface area contributed by atoms with E-state index in [-0.39, 0.29) is 12.1 Å². The number of carbonyl (C=O) groups excluding carboxylic acids is 1. The fourth-order valence-corrected chi connectivity index (χ4v) is 3.98. The molecule has 0 aromatic heterocycles. The van der Waals surface area contributed by atoms with Crippen LogP contribution in [0, 0.1) is 5.92 Å². The zero-order valence-corrected chi connectivity index (χ0v) is 15.1. The Morgan fingerprint density at radius 1 is 1.29 bits per heavy atom. The van der Waals surface area contributed by atoms with E-state index in [9.17, 15) is 4.79 Å². The highest BCUT2D eigenvalue weighted by molar-refractivity contribution is 5.74. The molecule has 3 aliphatic rings. The fourth-order valence-electron chi connectivity index (χ4n) is 3.98. The first-order valence-electron chi connectivity index (χ1n) is 9.09. The van der Waals surface area contributed by atoms with E-state index >= 15 is 0 Å². The van der Waals surface area contributed by atoms with Gasteiger partial charge in [0.15, 0.2) is 5.79 Å². The van der Waals surface area contributed by atoms with Crippen molar-refractivity contribution in [2.45, 2.75) is 44.6 Å². The summed E-state index contributed by atoms with van der Waals surface area (Å²) >= 11 is 0. The summed E-state index contributed by atoms with van der Waals surface area (Å²) in [5.41, 5.74) is 0. The number of amides is 2. The van der Waals surface area contributed by atoms with Gasteiger partial charge in [-0.2, -0.15) is 0 Å². The summed E-state index contributed by atoms with van der Waals surface area (Å²) in [7, 11) is 2.12. The lowest BCUT2D eigenvalue weighted by Crippen LogP contribution is -2.60. The van der Waals surface area contributed by atoms with E-state index in [0.29, 0.717) is 31.7 Å². The van der Waals surface area contributed by atoms with Crippen molar-refractivity contribution in [2.24, 2.45) is 5.92 Å². The van der Waals surface area contributed by atoms with Crippen LogP contribution < -0.4 is 5.32 Å². The van der Waals surface area contributed by atoms with Crippen molar-refractivity contribution in [3.05, 3.63) is 0 Å². The van der Waals surface area contributed by atoms with Gasteiger partial charge >= 0.3 is 6.03 Å². The Morgan fingerprint density at radius 3 is 2.79 bits per heavy atom. The van der Waals surface area contributed by atoms with Gasteiger partial charge in [-0.25, -0.2) is 4.79 Å². The van der Waals surface area contributed by atoms with Gasteiger partial charge in [0.1, 0.15) is 0 Å². The number of ether oxygens (including phenoxy) is 3. The third-order valence-corrected chi connectivity index (χ3v) is 5.37. The monoisotopic (exact) mass is 341 g/mol. The Morgan fingerprint density at radius 2 is 2.04 bits per heavy atom. The molecule has 3 atom stereocenters. The summed E-state index contributed by atoms with van der Waals surface area (Å²) in [6.45, 7) is 9.27. The lowest BCUT2D eigenvalue weighted by atomic mass is 9.99. The first-order valence-corrected chi connectivity index (χ1v) is 9.09. The molecule has 0 bridgehead atoms. The van der Waals surface area contributed by atoms with Gasteiger partial charge in [-0.3, -0.25) is 4.90 Å². The minimum Gasteiger partial charge on any atom is -0.375 e. The summed E-state index contributed by atoms with van der Waals surface area (Å²) < 4.78 is 17.1. The minimum atomic E-state index is -0.495. The summed E-state index contributed by atoms with van der Waals surface area (Å²) in [5.74, 6) is -0.194. The van der Waals surface area contributed by atoms with Crippen LogP contribution in [0.25, 0.3) is 0 Å². The van der Waals surface area contributed by atoms with Crippen molar-refractivity contribution in [3.63, 3.8) is 0 Å². The zero-order chi connectivity index (χ0) is 17.2. The maximum atomic E-state index is 12.5. The largest absolute Gasteiger partial charge is 0.375 e. The van der Waals surface area contributed by atoms with Crippen LogP contribution in [0.5, 0.6) is 0 Å². The number of urea groups is 1. The molecule has 7 nitrogen and oxygen atoms in total. The van der Waals surface area contributed by atoms with Crippen LogP contribution in [0.2, 0.25) is 0 Å². The molecule has 3 saturated heterocycles. The number of carbonyl (C=O) groups is 1. The average Bonchev–Trinajstić information content (AvgIpc) is 2.99. The Hall–Kier alpha value is -0.890. The number of nitrogens with one attached hydrogen (secondary N) is 1. The van der Waals surface area contributed by atoms with E-state index in [1.807, 2.05) is 11.8 Å². The van der Waals surface area contributed by atoms with Crippen molar-refractivity contribution in [1.82, 2.24) is 15.1 Å². The molecule has 3 heterocycles. The Kier molecular flexibility index (Phi) is 5.64. The van der Waals surface area contributed by atoms with Gasteiger partial charge < -0.3 is 24.4 Å². The molecule has 3 aliphatic heterocycles. The predicted molar refractivity (Wildman–Crippen MR) is 89.8 cm³/mol. The van der Waals surface area contributed by atoms with E-state index in [2.05, 4.69) is 24.2 Å². The number of likely N-dealkylation sites (N-methyl/N-ethyl adjacent to an activating group) is 1. The number of morpholine rings is 1. The van der Waals surface area contributed by atoms with Gasteiger partial charge in [0, 0.05) is 32.6 Å². The van der Waals surface area contributed by atoms with Crippen LogP contribution in [-0.2, 0) is 14.2 Å². The van der Waals surface area contributed by atoms with Crippen LogP contribution in [-0.4, -0.2) is 86.8 Å². The second kappa shape index (κ2) is 7.56. The molecule has 0 aromatic rings. The number of hydrogen-bond donors (Lipinski definition) is 1. The molecule has 0 spiro atoms. The number of hydrogen-bond acceptors (Lipinski definition) is 5. The third kappa shape index (κ3) is 4.20. The van der Waals surface area contributed by atoms with Crippen LogP contribution in [0.1, 0.15) is 26.7 Å².